The summed E-state index contributed by atoms with van der Waals surface area (Å²) in [5, 5.41) is 4.10. The Hall–Kier alpha value is -1.91. The molecule has 5 heteroatoms. The number of aromatic nitrogens is 2. The lowest BCUT2D eigenvalue weighted by molar-refractivity contribution is 0.152. The number of aryl methyl sites for hydroxylation is 1. The second-order valence-corrected chi connectivity index (χ2v) is 7.52. The van der Waals surface area contributed by atoms with Crippen LogP contribution in [-0.4, -0.2) is 23.4 Å². The van der Waals surface area contributed by atoms with Gasteiger partial charge in [0, 0.05) is 43.7 Å². The van der Waals surface area contributed by atoms with E-state index in [-0.39, 0.29) is 5.56 Å². The highest BCUT2D eigenvalue weighted by Gasteiger charge is 2.25. The fraction of sp³-hybridized carbons (Fsp3) is 0.591. The van der Waals surface area contributed by atoms with E-state index in [0.717, 1.165) is 29.8 Å². The molecule has 0 N–H and O–H groups in total. The molecule has 2 heterocycles. The number of benzene rings is 1. The van der Waals surface area contributed by atoms with Crippen molar-refractivity contribution in [3.05, 3.63) is 35.7 Å². The normalized spacial score (nSPS) is 16.1. The molecule has 1 unspecified atom stereocenters. The topological polar surface area (TPSA) is 21.1 Å². The summed E-state index contributed by atoms with van der Waals surface area (Å²) in [5.41, 5.74) is 3.50. The average Bonchev–Trinajstić information content (AvgIpc) is 3.09. The lowest BCUT2D eigenvalue weighted by atomic mass is 9.87. The molecule has 1 aromatic heterocycles. The van der Waals surface area contributed by atoms with Crippen LogP contribution >= 0.6 is 0 Å². The number of anilines is 1. The molecule has 0 aliphatic carbocycles. The standard InChI is InChI=1S/C16H19F2N3.C6H14/c1-10-4-5-20(2)15-7-14(16(17)18)13(6-12(10)15)11-8-19-21(3)9-11;1-3-5-6-4-2/h6-10,16H,4-5H2,1-3H3;3-6H2,1-2H3. The molecule has 1 atom stereocenters. The van der Waals surface area contributed by atoms with Crippen molar-refractivity contribution in [2.45, 2.75) is 65.2 Å². The maximum absolute atomic E-state index is 13.5. The minimum Gasteiger partial charge on any atom is -0.374 e. The molecule has 27 heavy (non-hydrogen) atoms. The van der Waals surface area contributed by atoms with Gasteiger partial charge in [0.2, 0.25) is 0 Å². The van der Waals surface area contributed by atoms with Gasteiger partial charge in [0.25, 0.3) is 6.43 Å². The quantitative estimate of drug-likeness (QED) is 0.551. The molecular weight excluding hydrogens is 344 g/mol. The molecule has 0 saturated carbocycles. The van der Waals surface area contributed by atoms with E-state index in [1.807, 2.05) is 13.1 Å². The van der Waals surface area contributed by atoms with E-state index in [2.05, 4.69) is 30.8 Å². The average molecular weight is 378 g/mol. The summed E-state index contributed by atoms with van der Waals surface area (Å²) < 4.78 is 28.6. The van der Waals surface area contributed by atoms with Gasteiger partial charge in [-0.1, -0.05) is 46.5 Å². The van der Waals surface area contributed by atoms with E-state index in [1.54, 1.807) is 30.2 Å². The van der Waals surface area contributed by atoms with Crippen molar-refractivity contribution in [2.75, 3.05) is 18.5 Å². The van der Waals surface area contributed by atoms with Gasteiger partial charge in [0.1, 0.15) is 0 Å². The second-order valence-electron chi connectivity index (χ2n) is 7.52. The van der Waals surface area contributed by atoms with Crippen molar-refractivity contribution in [3.63, 3.8) is 0 Å². The van der Waals surface area contributed by atoms with Gasteiger partial charge in [-0.2, -0.15) is 5.10 Å². The molecule has 0 saturated heterocycles. The number of rotatable bonds is 5. The summed E-state index contributed by atoms with van der Waals surface area (Å²) >= 11 is 0. The maximum Gasteiger partial charge on any atom is 0.264 e. The van der Waals surface area contributed by atoms with Crippen LogP contribution in [0, 0.1) is 0 Å². The Balaban J connectivity index is 0.000000380. The van der Waals surface area contributed by atoms with Gasteiger partial charge in [-0.05, 0) is 35.6 Å². The smallest absolute Gasteiger partial charge is 0.264 e. The molecule has 0 radical (unpaired) electrons. The predicted molar refractivity (Wildman–Crippen MR) is 110 cm³/mol. The van der Waals surface area contributed by atoms with Crippen molar-refractivity contribution in [1.29, 1.82) is 0 Å². The molecular formula is C22H33F2N3. The van der Waals surface area contributed by atoms with Crippen LogP contribution in [0.2, 0.25) is 0 Å². The first-order valence-electron chi connectivity index (χ1n) is 10.0. The van der Waals surface area contributed by atoms with Gasteiger partial charge in [-0.25, -0.2) is 8.78 Å². The van der Waals surface area contributed by atoms with E-state index in [0.29, 0.717) is 11.5 Å². The largest absolute Gasteiger partial charge is 0.374 e. The molecule has 150 valence electrons. The molecule has 0 amide bonds. The van der Waals surface area contributed by atoms with E-state index in [9.17, 15) is 8.78 Å². The zero-order valence-electron chi connectivity index (χ0n) is 17.3. The maximum atomic E-state index is 13.5. The molecule has 0 spiro atoms. The van der Waals surface area contributed by atoms with Crippen molar-refractivity contribution in [3.8, 4) is 11.1 Å². The molecule has 2 aromatic rings. The van der Waals surface area contributed by atoms with Crippen molar-refractivity contribution in [2.24, 2.45) is 7.05 Å². The molecule has 1 aliphatic heterocycles. The molecule has 1 aliphatic rings. The highest BCUT2D eigenvalue weighted by molar-refractivity contribution is 5.73. The first-order valence-corrected chi connectivity index (χ1v) is 10.0. The van der Waals surface area contributed by atoms with Crippen LogP contribution in [0.5, 0.6) is 0 Å². The number of alkyl halides is 2. The van der Waals surface area contributed by atoms with E-state index >= 15 is 0 Å². The first-order chi connectivity index (χ1) is 12.9. The highest BCUT2D eigenvalue weighted by Crippen LogP contribution is 2.41. The zero-order valence-corrected chi connectivity index (χ0v) is 17.3. The SMILES string of the molecule is CC1CCN(C)c2cc(C(F)F)c(-c3cnn(C)c3)cc21.CCCCCC. The van der Waals surface area contributed by atoms with Gasteiger partial charge in [0.05, 0.1) is 6.20 Å². The van der Waals surface area contributed by atoms with Crippen molar-refractivity contribution in [1.82, 2.24) is 9.78 Å². The van der Waals surface area contributed by atoms with E-state index < -0.39 is 6.43 Å². The molecule has 3 nitrogen and oxygen atoms in total. The third kappa shape index (κ3) is 5.30. The van der Waals surface area contributed by atoms with Crippen molar-refractivity contribution >= 4 is 5.69 Å². The number of nitrogens with zero attached hydrogens (tertiary/aromatic N) is 3. The van der Waals surface area contributed by atoms with E-state index in [1.165, 1.54) is 25.7 Å². The van der Waals surface area contributed by atoms with Crippen LogP contribution < -0.4 is 4.90 Å². The van der Waals surface area contributed by atoms with Gasteiger partial charge in [-0.3, -0.25) is 4.68 Å². The van der Waals surface area contributed by atoms with Crippen LogP contribution in [0.3, 0.4) is 0 Å². The first kappa shape index (κ1) is 21.4. The van der Waals surface area contributed by atoms with Crippen LogP contribution in [0.1, 0.15) is 76.3 Å². The summed E-state index contributed by atoms with van der Waals surface area (Å²) in [6, 6.07) is 3.58. The van der Waals surface area contributed by atoms with E-state index in [4.69, 9.17) is 0 Å². The molecule has 3 rings (SSSR count). The molecule has 1 aromatic carbocycles. The van der Waals surface area contributed by atoms with Crippen LogP contribution in [-0.2, 0) is 7.05 Å². The number of hydrogen-bond donors (Lipinski definition) is 0. The second kappa shape index (κ2) is 9.86. The number of unbranched alkanes of at least 4 members (excludes halogenated alkanes) is 3. The predicted octanol–water partition coefficient (Wildman–Crippen LogP) is 6.55. The lowest BCUT2D eigenvalue weighted by Crippen LogP contribution is -2.26. The van der Waals surface area contributed by atoms with Crippen LogP contribution in [0.15, 0.2) is 24.5 Å². The summed E-state index contributed by atoms with van der Waals surface area (Å²) in [6.07, 6.45) is 7.52. The summed E-state index contributed by atoms with van der Waals surface area (Å²) in [4.78, 5) is 2.06. The monoisotopic (exact) mass is 377 g/mol. The summed E-state index contributed by atoms with van der Waals surface area (Å²) in [5.74, 6) is 0.387. The Labute approximate surface area is 162 Å². The minimum atomic E-state index is -2.49. The fourth-order valence-electron chi connectivity index (χ4n) is 3.50. The Morgan fingerprint density at radius 3 is 2.33 bits per heavy atom. The Morgan fingerprint density at radius 2 is 1.81 bits per heavy atom. The minimum absolute atomic E-state index is 0.0858. The van der Waals surface area contributed by atoms with Gasteiger partial charge < -0.3 is 4.90 Å². The van der Waals surface area contributed by atoms with Gasteiger partial charge >= 0.3 is 0 Å². The van der Waals surface area contributed by atoms with Crippen LogP contribution in [0.25, 0.3) is 11.1 Å². The highest BCUT2D eigenvalue weighted by atomic mass is 19.3. The summed E-state index contributed by atoms with van der Waals surface area (Å²) in [7, 11) is 3.75. The fourth-order valence-corrected chi connectivity index (χ4v) is 3.50. The number of hydrogen-bond acceptors (Lipinski definition) is 2. The van der Waals surface area contributed by atoms with Crippen LogP contribution in [0.4, 0.5) is 14.5 Å². The summed E-state index contributed by atoms with van der Waals surface area (Å²) in [6.45, 7) is 7.52. The molecule has 0 bridgehead atoms. The van der Waals surface area contributed by atoms with Crippen molar-refractivity contribution < 1.29 is 8.78 Å². The Bertz CT molecular complexity index is 720. The number of halogens is 2. The zero-order chi connectivity index (χ0) is 20.0. The number of fused-ring (bicyclic) bond motifs is 1. The Kier molecular flexibility index (Phi) is 7.81. The van der Waals surface area contributed by atoms with Gasteiger partial charge in [-0.15, -0.1) is 0 Å². The van der Waals surface area contributed by atoms with Gasteiger partial charge in [0.15, 0.2) is 0 Å². The molecule has 0 fully saturated rings. The third-order valence-corrected chi connectivity index (χ3v) is 5.25. The third-order valence-electron chi connectivity index (χ3n) is 5.25. The Morgan fingerprint density at radius 1 is 1.15 bits per heavy atom. The lowest BCUT2D eigenvalue weighted by Gasteiger charge is -2.32.